The number of nitrogens with zero attached hydrogens (tertiary/aromatic N) is 1. The Hall–Kier alpha value is -0.540. The fraction of sp³-hybridized carbons (Fsp3) is 0.538. The number of phenols is 1. The Morgan fingerprint density at radius 1 is 1.44 bits per heavy atom. The molecule has 1 heterocycles. The maximum absolute atomic E-state index is 9.50. The Morgan fingerprint density at radius 2 is 2.19 bits per heavy atom. The first-order valence-electron chi connectivity index (χ1n) is 5.71. The summed E-state index contributed by atoms with van der Waals surface area (Å²) in [6.45, 7) is 6.63. The van der Waals surface area contributed by atoms with Gasteiger partial charge in [0.2, 0.25) is 0 Å². The largest absolute Gasteiger partial charge is 0.508 e. The van der Waals surface area contributed by atoms with Crippen molar-refractivity contribution < 1.29 is 5.11 Å². The van der Waals surface area contributed by atoms with Crippen LogP contribution >= 0.6 is 15.9 Å². The highest BCUT2D eigenvalue weighted by molar-refractivity contribution is 9.10. The Bertz CT molecular complexity index is 390. The minimum absolute atomic E-state index is 0.283. The van der Waals surface area contributed by atoms with E-state index >= 15 is 0 Å². The van der Waals surface area contributed by atoms with Crippen molar-refractivity contribution in [2.24, 2.45) is 0 Å². The summed E-state index contributed by atoms with van der Waals surface area (Å²) in [7, 11) is 0. The smallest absolute Gasteiger partial charge is 0.115 e. The van der Waals surface area contributed by atoms with Crippen LogP contribution < -0.4 is 0 Å². The highest BCUT2D eigenvalue weighted by Gasteiger charge is 2.31. The SMILES string of the molecule is CC1(C)CCCN1Cc1cc(O)ccc1Br. The number of rotatable bonds is 2. The summed E-state index contributed by atoms with van der Waals surface area (Å²) in [5.41, 5.74) is 1.44. The second kappa shape index (κ2) is 4.38. The standard InChI is InChI=1S/C13H18BrNO/c1-13(2)6-3-7-15(13)9-10-8-11(16)4-5-12(10)14/h4-5,8,16H,3,6-7,9H2,1-2H3. The summed E-state index contributed by atoms with van der Waals surface area (Å²) < 4.78 is 1.08. The summed E-state index contributed by atoms with van der Waals surface area (Å²) in [5, 5.41) is 9.50. The quantitative estimate of drug-likeness (QED) is 0.898. The highest BCUT2D eigenvalue weighted by Crippen LogP contribution is 2.32. The molecule has 0 unspecified atom stereocenters. The van der Waals surface area contributed by atoms with Crippen molar-refractivity contribution in [3.8, 4) is 5.75 Å². The third-order valence-electron chi connectivity index (χ3n) is 3.46. The lowest BCUT2D eigenvalue weighted by Crippen LogP contribution is -2.37. The molecule has 16 heavy (non-hydrogen) atoms. The molecule has 0 radical (unpaired) electrons. The van der Waals surface area contributed by atoms with Crippen molar-refractivity contribution >= 4 is 15.9 Å². The van der Waals surface area contributed by atoms with E-state index in [-0.39, 0.29) is 5.54 Å². The van der Waals surface area contributed by atoms with E-state index in [2.05, 4.69) is 34.7 Å². The molecule has 1 fully saturated rings. The lowest BCUT2D eigenvalue weighted by Gasteiger charge is -2.31. The van der Waals surface area contributed by atoms with E-state index in [0.717, 1.165) is 23.1 Å². The predicted octanol–water partition coefficient (Wildman–Crippen LogP) is 3.53. The van der Waals surface area contributed by atoms with Gasteiger partial charge in [-0.15, -0.1) is 0 Å². The van der Waals surface area contributed by atoms with E-state index in [1.54, 1.807) is 6.07 Å². The van der Waals surface area contributed by atoms with Gasteiger partial charge < -0.3 is 5.11 Å². The number of halogens is 1. The van der Waals surface area contributed by atoms with Gasteiger partial charge in [-0.05, 0) is 57.0 Å². The van der Waals surface area contributed by atoms with Crippen LogP contribution in [0.5, 0.6) is 5.75 Å². The topological polar surface area (TPSA) is 23.5 Å². The summed E-state index contributed by atoms with van der Waals surface area (Å²) >= 11 is 3.54. The number of phenolic OH excluding ortho intramolecular Hbond substituents is 1. The van der Waals surface area contributed by atoms with Crippen LogP contribution in [0.15, 0.2) is 22.7 Å². The fourth-order valence-corrected chi connectivity index (χ4v) is 2.72. The van der Waals surface area contributed by atoms with Crippen LogP contribution in [-0.2, 0) is 6.54 Å². The van der Waals surface area contributed by atoms with E-state index < -0.39 is 0 Å². The van der Waals surface area contributed by atoms with E-state index in [1.165, 1.54) is 12.8 Å². The first kappa shape index (κ1) is 11.9. The Kier molecular flexibility index (Phi) is 3.27. The molecule has 1 aromatic carbocycles. The van der Waals surface area contributed by atoms with Crippen LogP contribution in [0.4, 0.5) is 0 Å². The molecule has 0 saturated carbocycles. The van der Waals surface area contributed by atoms with Gasteiger partial charge in [-0.25, -0.2) is 0 Å². The van der Waals surface area contributed by atoms with Gasteiger partial charge in [0.25, 0.3) is 0 Å². The highest BCUT2D eigenvalue weighted by atomic mass is 79.9. The average Bonchev–Trinajstić information content (AvgIpc) is 2.52. The molecule has 1 aliphatic rings. The number of aromatic hydroxyl groups is 1. The summed E-state index contributed by atoms with van der Waals surface area (Å²) in [5.74, 6) is 0.343. The molecule has 0 bridgehead atoms. The molecule has 3 heteroatoms. The molecular formula is C13H18BrNO. The van der Waals surface area contributed by atoms with Gasteiger partial charge in [0.1, 0.15) is 5.75 Å². The van der Waals surface area contributed by atoms with Crippen molar-refractivity contribution in [3.63, 3.8) is 0 Å². The van der Waals surface area contributed by atoms with Crippen LogP contribution in [-0.4, -0.2) is 22.1 Å². The summed E-state index contributed by atoms with van der Waals surface area (Å²) in [6.07, 6.45) is 2.52. The van der Waals surface area contributed by atoms with E-state index in [4.69, 9.17) is 0 Å². The molecule has 1 saturated heterocycles. The molecule has 2 nitrogen and oxygen atoms in total. The van der Waals surface area contributed by atoms with Gasteiger partial charge in [-0.2, -0.15) is 0 Å². The van der Waals surface area contributed by atoms with E-state index in [9.17, 15) is 5.11 Å². The Balaban J connectivity index is 2.17. The van der Waals surface area contributed by atoms with Crippen LogP contribution in [0.3, 0.4) is 0 Å². The van der Waals surface area contributed by atoms with Crippen molar-refractivity contribution in [1.29, 1.82) is 0 Å². The van der Waals surface area contributed by atoms with E-state index in [0.29, 0.717) is 5.75 Å². The van der Waals surface area contributed by atoms with Crippen LogP contribution in [0.2, 0.25) is 0 Å². The molecule has 0 amide bonds. The average molecular weight is 284 g/mol. The molecule has 0 aromatic heterocycles. The minimum Gasteiger partial charge on any atom is -0.508 e. The minimum atomic E-state index is 0.283. The molecule has 88 valence electrons. The molecule has 0 atom stereocenters. The first-order valence-corrected chi connectivity index (χ1v) is 6.51. The zero-order valence-corrected chi connectivity index (χ0v) is 11.4. The van der Waals surface area contributed by atoms with Crippen LogP contribution in [0.25, 0.3) is 0 Å². The maximum Gasteiger partial charge on any atom is 0.115 e. The van der Waals surface area contributed by atoms with Crippen LogP contribution in [0.1, 0.15) is 32.3 Å². The lowest BCUT2D eigenvalue weighted by molar-refractivity contribution is 0.166. The van der Waals surface area contributed by atoms with Crippen molar-refractivity contribution in [1.82, 2.24) is 4.90 Å². The molecule has 0 aliphatic carbocycles. The van der Waals surface area contributed by atoms with Crippen molar-refractivity contribution in [3.05, 3.63) is 28.2 Å². The summed E-state index contributed by atoms with van der Waals surface area (Å²) in [4.78, 5) is 2.48. The number of likely N-dealkylation sites (tertiary alicyclic amines) is 1. The number of hydrogen-bond acceptors (Lipinski definition) is 2. The number of hydrogen-bond donors (Lipinski definition) is 1. The third-order valence-corrected chi connectivity index (χ3v) is 4.24. The lowest BCUT2D eigenvalue weighted by atomic mass is 10.0. The molecule has 2 rings (SSSR count). The molecule has 1 aliphatic heterocycles. The van der Waals surface area contributed by atoms with Gasteiger partial charge in [0, 0.05) is 16.6 Å². The predicted molar refractivity (Wildman–Crippen MR) is 69.5 cm³/mol. The maximum atomic E-state index is 9.50. The van der Waals surface area contributed by atoms with Gasteiger partial charge in [-0.3, -0.25) is 4.90 Å². The summed E-state index contributed by atoms with van der Waals surface area (Å²) in [6, 6.07) is 5.47. The Morgan fingerprint density at radius 3 is 2.81 bits per heavy atom. The molecular weight excluding hydrogens is 266 g/mol. The Labute approximate surface area is 105 Å². The fourth-order valence-electron chi connectivity index (χ4n) is 2.34. The van der Waals surface area contributed by atoms with Gasteiger partial charge in [0.15, 0.2) is 0 Å². The van der Waals surface area contributed by atoms with E-state index in [1.807, 2.05) is 12.1 Å². The van der Waals surface area contributed by atoms with Crippen LogP contribution in [0, 0.1) is 0 Å². The first-order chi connectivity index (χ1) is 7.49. The monoisotopic (exact) mass is 283 g/mol. The molecule has 1 N–H and O–H groups in total. The second-order valence-corrected chi connectivity index (χ2v) is 5.97. The molecule has 1 aromatic rings. The second-order valence-electron chi connectivity index (χ2n) is 5.11. The zero-order valence-electron chi connectivity index (χ0n) is 9.83. The zero-order chi connectivity index (χ0) is 11.8. The normalized spacial score (nSPS) is 20.2. The van der Waals surface area contributed by atoms with Gasteiger partial charge in [0.05, 0.1) is 0 Å². The van der Waals surface area contributed by atoms with Gasteiger partial charge >= 0.3 is 0 Å². The van der Waals surface area contributed by atoms with Crippen molar-refractivity contribution in [2.75, 3.05) is 6.54 Å². The van der Waals surface area contributed by atoms with Gasteiger partial charge in [-0.1, -0.05) is 15.9 Å². The third kappa shape index (κ3) is 2.41. The van der Waals surface area contributed by atoms with Crippen molar-refractivity contribution in [2.45, 2.75) is 38.8 Å². The molecule has 0 spiro atoms. The number of benzene rings is 1.